The fourth-order valence-corrected chi connectivity index (χ4v) is 7.70. The van der Waals surface area contributed by atoms with Crippen LogP contribution in [0.1, 0.15) is 75.2 Å². The molecule has 3 saturated heterocycles. The molecule has 3 heterocycles. The highest BCUT2D eigenvalue weighted by molar-refractivity contribution is 5.92. The summed E-state index contributed by atoms with van der Waals surface area (Å²) in [5.74, 6) is -2.14. The molecule has 3 aliphatic heterocycles. The second-order valence-corrected chi connectivity index (χ2v) is 13.4. The molecule has 3 fully saturated rings. The van der Waals surface area contributed by atoms with Crippen molar-refractivity contribution in [2.75, 3.05) is 13.7 Å². The van der Waals surface area contributed by atoms with Gasteiger partial charge in [-0.3, -0.25) is 9.59 Å². The van der Waals surface area contributed by atoms with E-state index < -0.39 is 53.9 Å². The molecule has 1 spiro atoms. The van der Waals surface area contributed by atoms with E-state index in [1.165, 1.54) is 0 Å². The molecular formula is C32H54O8. The van der Waals surface area contributed by atoms with Gasteiger partial charge in [0.15, 0.2) is 11.4 Å². The van der Waals surface area contributed by atoms with E-state index in [1.54, 1.807) is 21.0 Å². The zero-order valence-electron chi connectivity index (χ0n) is 26.3. The van der Waals surface area contributed by atoms with Crippen LogP contribution in [-0.4, -0.2) is 77.9 Å². The van der Waals surface area contributed by atoms with Gasteiger partial charge in [0.1, 0.15) is 12.2 Å². The molecule has 40 heavy (non-hydrogen) atoms. The summed E-state index contributed by atoms with van der Waals surface area (Å²) < 4.78 is 23.9. The Morgan fingerprint density at radius 2 is 1.60 bits per heavy atom. The van der Waals surface area contributed by atoms with Crippen molar-refractivity contribution in [3.8, 4) is 0 Å². The smallest absolute Gasteiger partial charge is 0.309 e. The molecule has 2 unspecified atom stereocenters. The van der Waals surface area contributed by atoms with Crippen LogP contribution in [0.5, 0.6) is 0 Å². The lowest BCUT2D eigenvalue weighted by molar-refractivity contribution is -0.201. The molecule has 0 aromatic carbocycles. The monoisotopic (exact) mass is 566 g/mol. The van der Waals surface area contributed by atoms with Gasteiger partial charge in [0, 0.05) is 31.3 Å². The van der Waals surface area contributed by atoms with E-state index in [4.69, 9.17) is 18.9 Å². The summed E-state index contributed by atoms with van der Waals surface area (Å²) in [6.45, 7) is 22.2. The van der Waals surface area contributed by atoms with Gasteiger partial charge < -0.3 is 29.2 Å². The normalized spacial score (nSPS) is 48.2. The van der Waals surface area contributed by atoms with Gasteiger partial charge in [0.05, 0.1) is 36.9 Å². The third-order valence-corrected chi connectivity index (χ3v) is 10.7. The summed E-state index contributed by atoms with van der Waals surface area (Å²) in [4.78, 5) is 27.4. The maximum absolute atomic E-state index is 13.7. The minimum Gasteiger partial charge on any atom is -0.462 e. The Morgan fingerprint density at radius 1 is 1.00 bits per heavy atom. The van der Waals surface area contributed by atoms with E-state index in [2.05, 4.69) is 27.4 Å². The maximum atomic E-state index is 13.7. The van der Waals surface area contributed by atoms with E-state index in [0.717, 1.165) is 5.57 Å². The number of Topliss-reactive ketones (excluding diaryl/α,β-unsaturated/α-hetero) is 1. The molecule has 0 radical (unpaired) electrons. The predicted molar refractivity (Wildman–Crippen MR) is 152 cm³/mol. The molecule has 230 valence electrons. The van der Waals surface area contributed by atoms with Gasteiger partial charge in [0.2, 0.25) is 0 Å². The number of aliphatic hydroxyl groups is 2. The number of esters is 1. The summed E-state index contributed by atoms with van der Waals surface area (Å²) in [6.07, 6.45) is -2.58. The summed E-state index contributed by atoms with van der Waals surface area (Å²) >= 11 is 0. The summed E-state index contributed by atoms with van der Waals surface area (Å²) in [6, 6.07) is 0. The average molecular weight is 567 g/mol. The number of cyclic esters (lactones) is 1. The van der Waals surface area contributed by atoms with E-state index in [0.29, 0.717) is 19.4 Å². The van der Waals surface area contributed by atoms with Crippen LogP contribution in [0.15, 0.2) is 12.2 Å². The number of carbonyl (C=O) groups is 2. The number of hydrogen-bond acceptors (Lipinski definition) is 8. The van der Waals surface area contributed by atoms with Crippen LogP contribution in [0, 0.1) is 47.3 Å². The Labute approximate surface area is 241 Å². The fraction of sp³-hybridized carbons (Fsp3) is 0.875. The van der Waals surface area contributed by atoms with Crippen molar-refractivity contribution in [3.63, 3.8) is 0 Å². The van der Waals surface area contributed by atoms with E-state index >= 15 is 0 Å². The van der Waals surface area contributed by atoms with Crippen molar-refractivity contribution in [1.29, 1.82) is 0 Å². The largest absolute Gasteiger partial charge is 0.462 e. The molecule has 3 aliphatic rings. The van der Waals surface area contributed by atoms with Gasteiger partial charge >= 0.3 is 5.97 Å². The highest BCUT2D eigenvalue weighted by Crippen LogP contribution is 2.48. The lowest BCUT2D eigenvalue weighted by Crippen LogP contribution is -2.54. The van der Waals surface area contributed by atoms with Crippen molar-refractivity contribution in [1.82, 2.24) is 0 Å². The SMILES string of the molecule is C=C(C)C(C)[C@H]1[C@@H](C)C[C@@]2(CO2)C(=O)[C@H](C)[C@@H](O)[C@@H](C)[C@@H](C)OC(=O)[C@H](C)C([C@H]2C[C@@H](OC)[C@@H](O)[C@H](C)O2)[C@@H]1C. The van der Waals surface area contributed by atoms with Crippen molar-refractivity contribution in [2.45, 2.75) is 117 Å². The average Bonchev–Trinajstić information content (AvgIpc) is 3.68. The van der Waals surface area contributed by atoms with Gasteiger partial charge in [-0.15, -0.1) is 0 Å². The van der Waals surface area contributed by atoms with Crippen LogP contribution in [0.2, 0.25) is 0 Å². The van der Waals surface area contributed by atoms with Crippen LogP contribution < -0.4 is 0 Å². The second-order valence-electron chi connectivity index (χ2n) is 13.4. The minimum absolute atomic E-state index is 0.0289. The number of epoxide rings is 1. The van der Waals surface area contributed by atoms with Crippen molar-refractivity contribution >= 4 is 11.8 Å². The molecule has 0 amide bonds. The predicted octanol–water partition coefficient (Wildman–Crippen LogP) is 4.20. The summed E-state index contributed by atoms with van der Waals surface area (Å²) in [5.41, 5.74) is 0.128. The summed E-state index contributed by atoms with van der Waals surface area (Å²) in [7, 11) is 1.59. The molecule has 3 rings (SSSR count). The molecule has 2 N–H and O–H groups in total. The molecule has 15 atom stereocenters. The quantitative estimate of drug-likeness (QED) is 0.296. The van der Waals surface area contributed by atoms with E-state index in [1.807, 2.05) is 27.7 Å². The second kappa shape index (κ2) is 12.9. The number of allylic oxidation sites excluding steroid dienone is 1. The lowest BCUT2D eigenvalue weighted by Gasteiger charge is -2.47. The molecule has 0 aliphatic carbocycles. The minimum atomic E-state index is -0.976. The topological polar surface area (TPSA) is 115 Å². The molecule has 0 aromatic heterocycles. The Bertz CT molecular complexity index is 915. The third-order valence-electron chi connectivity index (χ3n) is 10.7. The zero-order valence-corrected chi connectivity index (χ0v) is 26.3. The first kappa shape index (κ1) is 33.2. The number of carbonyl (C=O) groups excluding carboxylic acids is 2. The molecule has 0 bridgehead atoms. The first-order valence-corrected chi connectivity index (χ1v) is 15.2. The number of rotatable bonds is 4. The zero-order chi connectivity index (χ0) is 30.3. The first-order valence-electron chi connectivity index (χ1n) is 15.2. The number of ether oxygens (including phenoxy) is 4. The van der Waals surface area contributed by atoms with Gasteiger partial charge in [-0.2, -0.15) is 0 Å². The first-order chi connectivity index (χ1) is 18.6. The van der Waals surface area contributed by atoms with Gasteiger partial charge in [-0.05, 0) is 50.9 Å². The number of hydrogen-bond donors (Lipinski definition) is 2. The number of aliphatic hydroxyl groups excluding tert-OH is 2. The van der Waals surface area contributed by atoms with Crippen LogP contribution in [0.25, 0.3) is 0 Å². The van der Waals surface area contributed by atoms with Crippen molar-refractivity contribution < 1.29 is 38.7 Å². The highest BCUT2D eigenvalue weighted by atomic mass is 16.6. The molecule has 8 heteroatoms. The van der Waals surface area contributed by atoms with Gasteiger partial charge in [-0.1, -0.05) is 53.7 Å². The van der Waals surface area contributed by atoms with E-state index in [9.17, 15) is 19.8 Å². The van der Waals surface area contributed by atoms with Crippen molar-refractivity contribution in [3.05, 3.63) is 12.2 Å². The van der Waals surface area contributed by atoms with Crippen molar-refractivity contribution in [2.24, 2.45) is 47.3 Å². The molecule has 8 nitrogen and oxygen atoms in total. The van der Waals surface area contributed by atoms with Crippen LogP contribution in [-0.2, 0) is 28.5 Å². The Balaban J connectivity index is 2.11. The maximum Gasteiger partial charge on any atom is 0.309 e. The lowest BCUT2D eigenvalue weighted by atomic mass is 9.62. The molecule has 0 saturated carbocycles. The van der Waals surface area contributed by atoms with Gasteiger partial charge in [-0.25, -0.2) is 0 Å². The standard InChI is InChI=1S/C32H54O8/c1-15(2)17(4)26-16(3)13-32(14-38-32)30(35)21(8)28(33)18(5)22(9)40-31(36)20(7)27(19(26)6)24-12-25(37-11)29(34)23(10)39-24/h16-29,33-34H,1,12-14H2,2-11H3/t16-,17?,18-,19+,20+,21+,22+,23-,24+,25+,26+,27?,28-,29-,32+/m0/s1. The Morgan fingerprint density at radius 3 is 2.12 bits per heavy atom. The Kier molecular flexibility index (Phi) is 10.7. The third kappa shape index (κ3) is 6.51. The fourth-order valence-electron chi connectivity index (χ4n) is 7.70. The van der Waals surface area contributed by atoms with Gasteiger partial charge in [0.25, 0.3) is 0 Å². The molecular weight excluding hydrogens is 512 g/mol. The number of methoxy groups -OCH3 is 1. The Hall–Kier alpha value is -1.32. The van der Waals surface area contributed by atoms with Crippen LogP contribution in [0.4, 0.5) is 0 Å². The van der Waals surface area contributed by atoms with Crippen LogP contribution in [0.3, 0.4) is 0 Å². The van der Waals surface area contributed by atoms with E-state index in [-0.39, 0.29) is 47.4 Å². The highest BCUT2D eigenvalue weighted by Gasteiger charge is 2.57. The molecule has 0 aromatic rings. The summed E-state index contributed by atoms with van der Waals surface area (Å²) in [5, 5.41) is 21.8. The number of ketones is 1. The van der Waals surface area contributed by atoms with Crippen LogP contribution >= 0.6 is 0 Å².